The van der Waals surface area contributed by atoms with E-state index >= 15 is 0 Å². The van der Waals surface area contributed by atoms with E-state index in [-0.39, 0.29) is 34.8 Å². The fraction of sp³-hybridized carbons (Fsp3) is 0.350. The van der Waals surface area contributed by atoms with Gasteiger partial charge in [0.2, 0.25) is 15.9 Å². The summed E-state index contributed by atoms with van der Waals surface area (Å²) >= 11 is 6.10. The smallest absolute Gasteiger partial charge is 0.243 e. The molecule has 0 radical (unpaired) electrons. The topological polar surface area (TPSA) is 75.7 Å². The van der Waals surface area contributed by atoms with Gasteiger partial charge in [-0.1, -0.05) is 55.8 Å². The van der Waals surface area contributed by atoms with Crippen molar-refractivity contribution >= 4 is 27.5 Å². The normalized spacial score (nSPS) is 11.6. The highest BCUT2D eigenvalue weighted by Crippen LogP contribution is 2.28. The van der Waals surface area contributed by atoms with Crippen molar-refractivity contribution in [2.75, 3.05) is 20.2 Å². The number of carbonyl (C=O) groups excluding carboxylic acids is 1. The Morgan fingerprint density at radius 1 is 1.18 bits per heavy atom. The minimum absolute atomic E-state index is 0.00545. The van der Waals surface area contributed by atoms with Gasteiger partial charge in [-0.15, -0.1) is 0 Å². The van der Waals surface area contributed by atoms with Crippen LogP contribution in [0.1, 0.15) is 19.4 Å². The summed E-state index contributed by atoms with van der Waals surface area (Å²) < 4.78 is 32.6. The van der Waals surface area contributed by atoms with E-state index in [4.69, 9.17) is 16.3 Å². The largest absolute Gasteiger partial charge is 0.495 e. The third-order valence-corrected chi connectivity index (χ3v) is 6.07. The molecule has 152 valence electrons. The van der Waals surface area contributed by atoms with Gasteiger partial charge in [-0.05, 0) is 29.7 Å². The second-order valence-electron chi connectivity index (χ2n) is 6.75. The van der Waals surface area contributed by atoms with E-state index in [1.165, 1.54) is 25.3 Å². The molecule has 0 aromatic heterocycles. The van der Waals surface area contributed by atoms with Crippen molar-refractivity contribution < 1.29 is 17.9 Å². The number of halogens is 1. The fourth-order valence-corrected chi connectivity index (χ4v) is 4.24. The molecule has 0 heterocycles. The van der Waals surface area contributed by atoms with E-state index in [2.05, 4.69) is 5.32 Å². The Kier molecular flexibility index (Phi) is 7.86. The van der Waals surface area contributed by atoms with Crippen LogP contribution in [0.25, 0.3) is 0 Å². The van der Waals surface area contributed by atoms with Gasteiger partial charge in [0.1, 0.15) is 5.75 Å². The van der Waals surface area contributed by atoms with Crippen molar-refractivity contribution in [3.05, 3.63) is 59.1 Å². The lowest BCUT2D eigenvalue weighted by molar-refractivity contribution is -0.121. The van der Waals surface area contributed by atoms with Crippen LogP contribution in [-0.2, 0) is 21.4 Å². The van der Waals surface area contributed by atoms with Gasteiger partial charge in [0.15, 0.2) is 0 Å². The Balaban J connectivity index is 2.32. The minimum atomic E-state index is -3.95. The maximum atomic E-state index is 13.2. The van der Waals surface area contributed by atoms with Crippen LogP contribution in [0.2, 0.25) is 5.02 Å². The van der Waals surface area contributed by atoms with Crippen LogP contribution in [0.3, 0.4) is 0 Å². The zero-order chi connectivity index (χ0) is 20.7. The Labute approximate surface area is 171 Å². The van der Waals surface area contributed by atoms with E-state index in [0.717, 1.165) is 9.87 Å². The van der Waals surface area contributed by atoms with Crippen LogP contribution in [0.4, 0.5) is 0 Å². The SMILES string of the molecule is COc1ccc(S(=O)(=O)N(CC(=O)NCC(C)C)Cc2ccccc2)cc1Cl. The molecule has 1 N–H and O–H groups in total. The minimum Gasteiger partial charge on any atom is -0.495 e. The number of nitrogens with one attached hydrogen (secondary N) is 1. The van der Waals surface area contributed by atoms with E-state index in [0.29, 0.717) is 12.3 Å². The standard InChI is InChI=1S/C20H25ClN2O4S/c1-15(2)12-22-20(24)14-23(13-16-7-5-4-6-8-16)28(25,26)17-9-10-19(27-3)18(21)11-17/h4-11,15H,12-14H2,1-3H3,(H,22,24). The molecule has 0 saturated heterocycles. The monoisotopic (exact) mass is 424 g/mol. The van der Waals surface area contributed by atoms with Gasteiger partial charge in [-0.3, -0.25) is 4.79 Å². The average molecular weight is 425 g/mol. The van der Waals surface area contributed by atoms with E-state index in [1.807, 2.05) is 44.2 Å². The van der Waals surface area contributed by atoms with Crippen molar-refractivity contribution in [1.82, 2.24) is 9.62 Å². The van der Waals surface area contributed by atoms with Gasteiger partial charge in [0.25, 0.3) is 0 Å². The number of benzene rings is 2. The van der Waals surface area contributed by atoms with Crippen LogP contribution < -0.4 is 10.1 Å². The zero-order valence-corrected chi connectivity index (χ0v) is 17.8. The Morgan fingerprint density at radius 2 is 1.86 bits per heavy atom. The first-order chi connectivity index (χ1) is 13.2. The molecule has 0 spiro atoms. The van der Waals surface area contributed by atoms with Crippen LogP contribution in [0.5, 0.6) is 5.75 Å². The molecule has 6 nitrogen and oxygen atoms in total. The lowest BCUT2D eigenvalue weighted by atomic mass is 10.2. The molecule has 0 aliphatic carbocycles. The van der Waals surface area contributed by atoms with E-state index in [1.54, 1.807) is 0 Å². The van der Waals surface area contributed by atoms with E-state index in [9.17, 15) is 13.2 Å². The summed E-state index contributed by atoms with van der Waals surface area (Å²) in [6, 6.07) is 13.4. The van der Waals surface area contributed by atoms with Crippen LogP contribution >= 0.6 is 11.6 Å². The van der Waals surface area contributed by atoms with Gasteiger partial charge < -0.3 is 10.1 Å². The highest BCUT2D eigenvalue weighted by Gasteiger charge is 2.27. The highest BCUT2D eigenvalue weighted by atomic mass is 35.5. The van der Waals surface area contributed by atoms with Crippen molar-refractivity contribution in [2.45, 2.75) is 25.3 Å². The number of carbonyl (C=O) groups is 1. The summed E-state index contributed by atoms with van der Waals surface area (Å²) in [5.74, 6) is 0.293. The lowest BCUT2D eigenvalue weighted by Gasteiger charge is -2.22. The third-order valence-electron chi connectivity index (χ3n) is 3.99. The lowest BCUT2D eigenvalue weighted by Crippen LogP contribution is -2.41. The summed E-state index contributed by atoms with van der Waals surface area (Å²) in [5.41, 5.74) is 0.780. The number of nitrogens with zero attached hydrogens (tertiary/aromatic N) is 1. The highest BCUT2D eigenvalue weighted by molar-refractivity contribution is 7.89. The summed E-state index contributed by atoms with van der Waals surface area (Å²) in [7, 11) is -2.49. The summed E-state index contributed by atoms with van der Waals surface area (Å²) in [5, 5.41) is 2.95. The van der Waals surface area contributed by atoms with Crippen molar-refractivity contribution in [1.29, 1.82) is 0 Å². The second kappa shape index (κ2) is 9.91. The maximum Gasteiger partial charge on any atom is 0.243 e. The predicted octanol–water partition coefficient (Wildman–Crippen LogP) is 3.31. The van der Waals surface area contributed by atoms with Crippen molar-refractivity contribution in [2.24, 2.45) is 5.92 Å². The number of ether oxygens (including phenoxy) is 1. The molecule has 2 aromatic rings. The molecule has 2 rings (SSSR count). The quantitative estimate of drug-likeness (QED) is 0.670. The summed E-state index contributed by atoms with van der Waals surface area (Å²) in [4.78, 5) is 12.3. The first-order valence-corrected chi connectivity index (χ1v) is 10.7. The molecule has 1 amide bonds. The molecule has 8 heteroatoms. The number of hydrogen-bond acceptors (Lipinski definition) is 4. The number of methoxy groups -OCH3 is 1. The second-order valence-corrected chi connectivity index (χ2v) is 9.10. The Hall–Kier alpha value is -2.09. The molecule has 0 saturated carbocycles. The molecule has 2 aromatic carbocycles. The van der Waals surface area contributed by atoms with Crippen LogP contribution in [-0.4, -0.2) is 38.8 Å². The molecular formula is C20H25ClN2O4S. The number of hydrogen-bond donors (Lipinski definition) is 1. The molecule has 0 atom stereocenters. The van der Waals surface area contributed by atoms with Crippen LogP contribution in [0, 0.1) is 5.92 Å². The molecule has 0 aliphatic rings. The zero-order valence-electron chi connectivity index (χ0n) is 16.2. The van der Waals surface area contributed by atoms with Crippen molar-refractivity contribution in [3.63, 3.8) is 0 Å². The van der Waals surface area contributed by atoms with Gasteiger partial charge in [0, 0.05) is 13.1 Å². The molecule has 0 aliphatic heterocycles. The molecule has 28 heavy (non-hydrogen) atoms. The van der Waals surface area contributed by atoms with Crippen molar-refractivity contribution in [3.8, 4) is 5.75 Å². The molecular weight excluding hydrogens is 400 g/mol. The number of rotatable bonds is 9. The molecule has 0 unspecified atom stereocenters. The van der Waals surface area contributed by atoms with Gasteiger partial charge in [-0.25, -0.2) is 8.42 Å². The Bertz CT molecular complexity index is 902. The third kappa shape index (κ3) is 5.95. The van der Waals surface area contributed by atoms with Crippen LogP contribution in [0.15, 0.2) is 53.4 Å². The number of amides is 1. The predicted molar refractivity (Wildman–Crippen MR) is 110 cm³/mol. The first kappa shape index (κ1) is 22.2. The maximum absolute atomic E-state index is 13.2. The molecule has 0 bridgehead atoms. The first-order valence-electron chi connectivity index (χ1n) is 8.88. The van der Waals surface area contributed by atoms with E-state index < -0.39 is 10.0 Å². The fourth-order valence-electron chi connectivity index (χ4n) is 2.50. The Morgan fingerprint density at radius 3 is 2.43 bits per heavy atom. The average Bonchev–Trinajstić information content (AvgIpc) is 2.66. The van der Waals surface area contributed by atoms with Gasteiger partial charge in [0.05, 0.1) is 23.6 Å². The number of sulfonamides is 1. The molecule has 0 fully saturated rings. The summed E-state index contributed by atoms with van der Waals surface area (Å²) in [6.45, 7) is 4.21. The van der Waals surface area contributed by atoms with Gasteiger partial charge in [-0.2, -0.15) is 4.31 Å². The van der Waals surface area contributed by atoms with Gasteiger partial charge >= 0.3 is 0 Å². The summed E-state index contributed by atoms with van der Waals surface area (Å²) in [6.07, 6.45) is 0.